The number of benzene rings is 2. The number of H-pyrrole nitrogens is 1. The van der Waals surface area contributed by atoms with Gasteiger partial charge in [0.25, 0.3) is 0 Å². The first-order chi connectivity index (χ1) is 10.2. The van der Waals surface area contributed by atoms with Gasteiger partial charge in [-0.15, -0.1) is 0 Å². The Morgan fingerprint density at radius 1 is 0.952 bits per heavy atom. The van der Waals surface area contributed by atoms with Crippen LogP contribution in [0.5, 0.6) is 0 Å². The van der Waals surface area contributed by atoms with Crippen molar-refractivity contribution in [2.75, 3.05) is 0 Å². The molecule has 2 heterocycles. The number of hydrogen-bond acceptors (Lipinski definition) is 1. The lowest BCUT2D eigenvalue weighted by Gasteiger charge is -2.04. The maximum absolute atomic E-state index is 4.81. The van der Waals surface area contributed by atoms with Crippen LogP contribution in [-0.2, 0) is 0 Å². The maximum atomic E-state index is 4.81. The predicted octanol–water partition coefficient (Wildman–Crippen LogP) is 5.00. The summed E-state index contributed by atoms with van der Waals surface area (Å²) in [6, 6.07) is 16.9. The number of nitrogens with one attached hydrogen (secondary N) is 1. The highest BCUT2D eigenvalue weighted by Crippen LogP contribution is 2.31. The Morgan fingerprint density at radius 3 is 2.71 bits per heavy atom. The zero-order valence-electron chi connectivity index (χ0n) is 12.1. The molecule has 0 unspecified atom stereocenters. The Balaban J connectivity index is 2.00. The van der Waals surface area contributed by atoms with Gasteiger partial charge in [-0.3, -0.25) is 0 Å². The van der Waals surface area contributed by atoms with E-state index in [-0.39, 0.29) is 0 Å². The number of pyridine rings is 1. The van der Waals surface area contributed by atoms with Crippen molar-refractivity contribution in [1.29, 1.82) is 0 Å². The predicted molar refractivity (Wildman–Crippen MR) is 88.5 cm³/mol. The van der Waals surface area contributed by atoms with E-state index in [0.29, 0.717) is 0 Å². The first kappa shape index (κ1) is 12.2. The SMILES string of the molecule is Cc1cc(C)c2[nH]cc(-c3ccc4ccccc4n3)c2c1. The minimum absolute atomic E-state index is 1.02. The average molecular weight is 272 g/mol. The molecule has 0 amide bonds. The Labute approximate surface area is 123 Å². The van der Waals surface area contributed by atoms with E-state index < -0.39 is 0 Å². The molecule has 1 N–H and O–H groups in total. The molecular formula is C19H16N2. The van der Waals surface area contributed by atoms with Crippen molar-refractivity contribution in [3.8, 4) is 11.3 Å². The molecule has 0 aliphatic heterocycles. The minimum atomic E-state index is 1.02. The summed E-state index contributed by atoms with van der Waals surface area (Å²) in [5, 5.41) is 2.42. The van der Waals surface area contributed by atoms with E-state index in [2.05, 4.69) is 61.4 Å². The molecule has 2 heteroatoms. The van der Waals surface area contributed by atoms with Crippen LogP contribution in [0.15, 0.2) is 54.7 Å². The van der Waals surface area contributed by atoms with Crippen molar-refractivity contribution in [3.05, 3.63) is 65.9 Å². The van der Waals surface area contributed by atoms with Crippen LogP contribution in [0.4, 0.5) is 0 Å². The van der Waals surface area contributed by atoms with E-state index in [4.69, 9.17) is 4.98 Å². The van der Waals surface area contributed by atoms with Gasteiger partial charge >= 0.3 is 0 Å². The third kappa shape index (κ3) is 1.91. The van der Waals surface area contributed by atoms with Gasteiger partial charge in [-0.1, -0.05) is 35.9 Å². The summed E-state index contributed by atoms with van der Waals surface area (Å²) in [7, 11) is 0. The molecule has 0 atom stereocenters. The van der Waals surface area contributed by atoms with Crippen molar-refractivity contribution in [2.24, 2.45) is 0 Å². The lowest BCUT2D eigenvalue weighted by atomic mass is 10.0. The topological polar surface area (TPSA) is 28.7 Å². The third-order valence-electron chi connectivity index (χ3n) is 4.01. The second-order valence-electron chi connectivity index (χ2n) is 5.60. The van der Waals surface area contributed by atoms with E-state index >= 15 is 0 Å². The molecule has 21 heavy (non-hydrogen) atoms. The molecule has 2 nitrogen and oxygen atoms in total. The highest BCUT2D eigenvalue weighted by atomic mass is 14.7. The maximum Gasteiger partial charge on any atom is 0.0731 e. The van der Waals surface area contributed by atoms with Gasteiger partial charge in [0.05, 0.1) is 11.2 Å². The quantitative estimate of drug-likeness (QED) is 0.519. The van der Waals surface area contributed by atoms with Gasteiger partial charge in [-0.2, -0.15) is 0 Å². The molecule has 0 spiro atoms. The van der Waals surface area contributed by atoms with E-state index in [9.17, 15) is 0 Å². The van der Waals surface area contributed by atoms with E-state index in [1.165, 1.54) is 33.0 Å². The van der Waals surface area contributed by atoms with Crippen LogP contribution < -0.4 is 0 Å². The number of fused-ring (bicyclic) bond motifs is 2. The van der Waals surface area contributed by atoms with Crippen molar-refractivity contribution >= 4 is 21.8 Å². The van der Waals surface area contributed by atoms with Gasteiger partial charge < -0.3 is 4.98 Å². The van der Waals surface area contributed by atoms with Crippen LogP contribution in [0.1, 0.15) is 11.1 Å². The van der Waals surface area contributed by atoms with Gasteiger partial charge in [0, 0.05) is 28.0 Å². The molecule has 0 aliphatic rings. The van der Waals surface area contributed by atoms with Crippen LogP contribution in [0.2, 0.25) is 0 Å². The number of para-hydroxylation sites is 1. The summed E-state index contributed by atoms with van der Waals surface area (Å²) in [6.45, 7) is 4.28. The zero-order chi connectivity index (χ0) is 14.4. The number of rotatable bonds is 1. The minimum Gasteiger partial charge on any atom is -0.360 e. The van der Waals surface area contributed by atoms with Crippen LogP contribution in [0.3, 0.4) is 0 Å². The van der Waals surface area contributed by atoms with Gasteiger partial charge in [0.1, 0.15) is 0 Å². The molecule has 0 fully saturated rings. The summed E-state index contributed by atoms with van der Waals surface area (Å²) < 4.78 is 0. The Morgan fingerprint density at radius 2 is 1.81 bits per heavy atom. The summed E-state index contributed by atoms with van der Waals surface area (Å²) in [6.07, 6.45) is 2.06. The molecule has 2 aromatic heterocycles. The summed E-state index contributed by atoms with van der Waals surface area (Å²) in [4.78, 5) is 8.20. The average Bonchev–Trinajstić information content (AvgIpc) is 2.91. The monoisotopic (exact) mass is 272 g/mol. The summed E-state index contributed by atoms with van der Waals surface area (Å²) in [5.74, 6) is 0. The van der Waals surface area contributed by atoms with Crippen molar-refractivity contribution in [1.82, 2.24) is 9.97 Å². The van der Waals surface area contributed by atoms with E-state index in [0.717, 1.165) is 11.2 Å². The highest BCUT2D eigenvalue weighted by Gasteiger charge is 2.10. The standard InChI is InChI=1S/C19H16N2/c1-12-9-13(2)19-15(10-12)16(11-20-19)18-8-7-14-5-3-4-6-17(14)21-18/h3-11,20H,1-2H3. The van der Waals surface area contributed by atoms with Crippen LogP contribution in [-0.4, -0.2) is 9.97 Å². The molecule has 102 valence electrons. The third-order valence-corrected chi connectivity index (χ3v) is 4.01. The summed E-state index contributed by atoms with van der Waals surface area (Å²) in [5.41, 5.74) is 6.98. The number of hydrogen-bond donors (Lipinski definition) is 1. The fraction of sp³-hybridized carbons (Fsp3) is 0.105. The number of nitrogens with zero attached hydrogens (tertiary/aromatic N) is 1. The lowest BCUT2D eigenvalue weighted by molar-refractivity contribution is 1.38. The van der Waals surface area contributed by atoms with Crippen molar-refractivity contribution in [3.63, 3.8) is 0 Å². The highest BCUT2D eigenvalue weighted by molar-refractivity contribution is 5.97. The zero-order valence-corrected chi connectivity index (χ0v) is 12.1. The molecule has 0 bridgehead atoms. The second kappa shape index (κ2) is 4.45. The van der Waals surface area contributed by atoms with Gasteiger partial charge in [0.15, 0.2) is 0 Å². The first-order valence-corrected chi connectivity index (χ1v) is 7.17. The van der Waals surface area contributed by atoms with Crippen LogP contribution in [0.25, 0.3) is 33.1 Å². The molecule has 0 aliphatic carbocycles. The van der Waals surface area contributed by atoms with Crippen molar-refractivity contribution in [2.45, 2.75) is 13.8 Å². The normalized spacial score (nSPS) is 11.3. The van der Waals surface area contributed by atoms with Gasteiger partial charge in [0.2, 0.25) is 0 Å². The molecule has 2 aromatic carbocycles. The fourth-order valence-electron chi connectivity index (χ4n) is 3.02. The Hall–Kier alpha value is -2.61. The van der Waals surface area contributed by atoms with Gasteiger partial charge in [-0.25, -0.2) is 4.98 Å². The second-order valence-corrected chi connectivity index (χ2v) is 5.60. The number of aromatic nitrogens is 2. The Bertz CT molecular complexity index is 964. The van der Waals surface area contributed by atoms with Crippen molar-refractivity contribution < 1.29 is 0 Å². The molecular weight excluding hydrogens is 256 g/mol. The fourth-order valence-corrected chi connectivity index (χ4v) is 3.02. The number of aromatic amines is 1. The molecule has 0 saturated heterocycles. The lowest BCUT2D eigenvalue weighted by Crippen LogP contribution is -1.85. The number of aryl methyl sites for hydroxylation is 2. The smallest absolute Gasteiger partial charge is 0.0731 e. The molecule has 4 rings (SSSR count). The van der Waals surface area contributed by atoms with Gasteiger partial charge in [-0.05, 0) is 37.6 Å². The van der Waals surface area contributed by atoms with Crippen LogP contribution in [0, 0.1) is 13.8 Å². The first-order valence-electron chi connectivity index (χ1n) is 7.17. The molecule has 0 saturated carbocycles. The molecule has 0 radical (unpaired) electrons. The van der Waals surface area contributed by atoms with E-state index in [1.807, 2.05) is 12.1 Å². The van der Waals surface area contributed by atoms with E-state index in [1.54, 1.807) is 0 Å². The summed E-state index contributed by atoms with van der Waals surface area (Å²) >= 11 is 0. The van der Waals surface area contributed by atoms with Crippen LogP contribution >= 0.6 is 0 Å². The Kier molecular flexibility index (Phi) is 2.58. The molecule has 4 aromatic rings. The largest absolute Gasteiger partial charge is 0.360 e.